The predicted octanol–water partition coefficient (Wildman–Crippen LogP) is 0.766. The fourth-order valence-corrected chi connectivity index (χ4v) is 3.57. The van der Waals surface area contributed by atoms with Crippen molar-refractivity contribution in [1.29, 1.82) is 0 Å². The van der Waals surface area contributed by atoms with Gasteiger partial charge in [-0.3, -0.25) is 19.5 Å². The van der Waals surface area contributed by atoms with E-state index in [9.17, 15) is 9.59 Å². The quantitative estimate of drug-likeness (QED) is 0.886. The van der Waals surface area contributed by atoms with Gasteiger partial charge in [-0.1, -0.05) is 12.1 Å². The Bertz CT molecular complexity index is 806. The van der Waals surface area contributed by atoms with Crippen LogP contribution in [-0.2, 0) is 16.1 Å². The van der Waals surface area contributed by atoms with Gasteiger partial charge < -0.3 is 10.2 Å². The zero-order valence-electron chi connectivity index (χ0n) is 13.6. The number of benzene rings is 1. The van der Waals surface area contributed by atoms with Crippen LogP contribution in [0.15, 0.2) is 36.5 Å². The summed E-state index contributed by atoms with van der Waals surface area (Å²) in [5, 5.41) is 3.89. The molecule has 2 atom stereocenters. The second-order valence-electron chi connectivity index (χ2n) is 6.54. The highest BCUT2D eigenvalue weighted by molar-refractivity contribution is 5.97. The molecule has 24 heavy (non-hydrogen) atoms. The summed E-state index contributed by atoms with van der Waals surface area (Å²) in [5.74, 6) is -0.0226. The van der Waals surface area contributed by atoms with Crippen molar-refractivity contribution in [1.82, 2.24) is 20.1 Å². The second kappa shape index (κ2) is 5.87. The van der Waals surface area contributed by atoms with Crippen molar-refractivity contribution in [3.8, 4) is 0 Å². The van der Waals surface area contributed by atoms with Gasteiger partial charge in [-0.05, 0) is 30.7 Å². The molecule has 2 aliphatic heterocycles. The third-order valence-corrected chi connectivity index (χ3v) is 4.85. The average molecular weight is 324 g/mol. The SMILES string of the molecule is C[C@H]1NC(=O)[C@H]2CN(Cc3ccc4ncccc4c3)CCN2C1=O. The minimum atomic E-state index is -0.409. The minimum Gasteiger partial charge on any atom is -0.343 e. The molecule has 0 unspecified atom stereocenters. The molecule has 0 aliphatic carbocycles. The summed E-state index contributed by atoms with van der Waals surface area (Å²) < 4.78 is 0. The highest BCUT2D eigenvalue weighted by Gasteiger charge is 2.41. The summed E-state index contributed by atoms with van der Waals surface area (Å²) in [4.78, 5) is 32.7. The first kappa shape index (κ1) is 15.1. The molecule has 0 radical (unpaired) electrons. The lowest BCUT2D eigenvalue weighted by Crippen LogP contribution is -2.68. The molecule has 2 amide bonds. The van der Waals surface area contributed by atoms with E-state index in [1.54, 1.807) is 18.0 Å². The van der Waals surface area contributed by atoms with Gasteiger partial charge in [-0.2, -0.15) is 0 Å². The van der Waals surface area contributed by atoms with Crippen molar-refractivity contribution in [2.75, 3.05) is 19.6 Å². The molecule has 1 aromatic heterocycles. The Morgan fingerprint density at radius 1 is 1.25 bits per heavy atom. The molecule has 4 rings (SSSR count). The smallest absolute Gasteiger partial charge is 0.245 e. The van der Waals surface area contributed by atoms with Crippen LogP contribution in [0.1, 0.15) is 12.5 Å². The van der Waals surface area contributed by atoms with Crippen molar-refractivity contribution in [2.45, 2.75) is 25.6 Å². The van der Waals surface area contributed by atoms with Gasteiger partial charge in [0.2, 0.25) is 11.8 Å². The number of piperazine rings is 2. The molecule has 6 heteroatoms. The van der Waals surface area contributed by atoms with E-state index in [2.05, 4.69) is 33.4 Å². The van der Waals surface area contributed by atoms with Gasteiger partial charge in [0.15, 0.2) is 0 Å². The molecule has 2 saturated heterocycles. The van der Waals surface area contributed by atoms with Gasteiger partial charge in [0, 0.05) is 37.8 Å². The molecule has 0 spiro atoms. The molecule has 0 saturated carbocycles. The first-order valence-corrected chi connectivity index (χ1v) is 8.29. The van der Waals surface area contributed by atoms with E-state index in [1.165, 1.54) is 5.56 Å². The van der Waals surface area contributed by atoms with Crippen LogP contribution in [0.25, 0.3) is 10.9 Å². The Hall–Kier alpha value is -2.47. The van der Waals surface area contributed by atoms with Crippen LogP contribution >= 0.6 is 0 Å². The maximum atomic E-state index is 12.2. The number of fused-ring (bicyclic) bond motifs is 2. The second-order valence-corrected chi connectivity index (χ2v) is 6.54. The molecular formula is C18H20N4O2. The number of pyridine rings is 1. The van der Waals surface area contributed by atoms with E-state index < -0.39 is 6.04 Å². The number of hydrogen-bond donors (Lipinski definition) is 1. The number of hydrogen-bond acceptors (Lipinski definition) is 4. The maximum absolute atomic E-state index is 12.2. The Kier molecular flexibility index (Phi) is 3.69. The summed E-state index contributed by atoms with van der Waals surface area (Å²) in [6.07, 6.45) is 1.79. The minimum absolute atomic E-state index is 0.0241. The monoisotopic (exact) mass is 324 g/mol. The Labute approximate surface area is 140 Å². The normalized spacial score (nSPS) is 24.8. The lowest BCUT2D eigenvalue weighted by molar-refractivity contribution is -0.152. The molecule has 2 fully saturated rings. The lowest BCUT2D eigenvalue weighted by atomic mass is 10.0. The molecule has 3 heterocycles. The van der Waals surface area contributed by atoms with Crippen LogP contribution in [0.2, 0.25) is 0 Å². The standard InChI is InChI=1S/C18H20N4O2/c1-12-18(24)22-8-7-21(11-16(22)17(23)20-12)10-13-4-5-15-14(9-13)3-2-6-19-15/h2-6,9,12,16H,7-8,10-11H2,1H3,(H,20,23)/t12-,16-/m1/s1. The topological polar surface area (TPSA) is 65.5 Å². The molecule has 2 aromatic rings. The molecule has 1 aromatic carbocycles. The van der Waals surface area contributed by atoms with Crippen molar-refractivity contribution < 1.29 is 9.59 Å². The third-order valence-electron chi connectivity index (χ3n) is 4.85. The van der Waals surface area contributed by atoms with Crippen molar-refractivity contribution in [3.05, 3.63) is 42.1 Å². The Morgan fingerprint density at radius 3 is 3.00 bits per heavy atom. The Balaban J connectivity index is 1.49. The number of carbonyl (C=O) groups is 2. The summed E-state index contributed by atoms with van der Waals surface area (Å²) in [6, 6.07) is 9.46. The van der Waals surface area contributed by atoms with Crippen molar-refractivity contribution in [3.63, 3.8) is 0 Å². The van der Waals surface area contributed by atoms with Gasteiger partial charge in [-0.25, -0.2) is 0 Å². The summed E-state index contributed by atoms with van der Waals surface area (Å²) in [5.41, 5.74) is 2.18. The van der Waals surface area contributed by atoms with E-state index in [1.807, 2.05) is 12.1 Å². The van der Waals surface area contributed by atoms with Crippen LogP contribution < -0.4 is 5.32 Å². The number of aromatic nitrogens is 1. The first-order chi connectivity index (χ1) is 11.6. The molecule has 6 nitrogen and oxygen atoms in total. The van der Waals surface area contributed by atoms with Crippen molar-refractivity contribution >= 4 is 22.7 Å². The summed E-state index contributed by atoms with van der Waals surface area (Å²) in [6.45, 7) is 4.48. The maximum Gasteiger partial charge on any atom is 0.245 e. The van der Waals surface area contributed by atoms with Crippen LogP contribution in [0.5, 0.6) is 0 Å². The molecule has 0 bridgehead atoms. The summed E-state index contributed by atoms with van der Waals surface area (Å²) in [7, 11) is 0. The zero-order chi connectivity index (χ0) is 16.7. The highest BCUT2D eigenvalue weighted by Crippen LogP contribution is 2.19. The molecule has 2 aliphatic rings. The van der Waals surface area contributed by atoms with E-state index in [0.29, 0.717) is 13.1 Å². The van der Waals surface area contributed by atoms with E-state index >= 15 is 0 Å². The molecule has 124 valence electrons. The fourth-order valence-electron chi connectivity index (χ4n) is 3.57. The average Bonchev–Trinajstić information content (AvgIpc) is 2.60. The predicted molar refractivity (Wildman–Crippen MR) is 90.1 cm³/mol. The van der Waals surface area contributed by atoms with Crippen LogP contribution in [0.4, 0.5) is 0 Å². The van der Waals surface area contributed by atoms with Crippen LogP contribution in [-0.4, -0.2) is 58.3 Å². The Morgan fingerprint density at radius 2 is 2.12 bits per heavy atom. The number of nitrogens with one attached hydrogen (secondary N) is 1. The number of rotatable bonds is 2. The van der Waals surface area contributed by atoms with Crippen LogP contribution in [0, 0.1) is 0 Å². The first-order valence-electron chi connectivity index (χ1n) is 8.29. The largest absolute Gasteiger partial charge is 0.343 e. The highest BCUT2D eigenvalue weighted by atomic mass is 16.2. The van der Waals surface area contributed by atoms with Gasteiger partial charge in [0.25, 0.3) is 0 Å². The van der Waals surface area contributed by atoms with E-state index in [-0.39, 0.29) is 17.9 Å². The zero-order valence-corrected chi connectivity index (χ0v) is 13.6. The lowest BCUT2D eigenvalue weighted by Gasteiger charge is -2.44. The number of amides is 2. The van der Waals surface area contributed by atoms with E-state index in [0.717, 1.165) is 24.0 Å². The third kappa shape index (κ3) is 2.63. The van der Waals surface area contributed by atoms with Gasteiger partial charge in [-0.15, -0.1) is 0 Å². The van der Waals surface area contributed by atoms with Gasteiger partial charge in [0.1, 0.15) is 12.1 Å². The fraction of sp³-hybridized carbons (Fsp3) is 0.389. The number of carbonyl (C=O) groups excluding carboxylic acids is 2. The van der Waals surface area contributed by atoms with Gasteiger partial charge >= 0.3 is 0 Å². The number of nitrogens with zero attached hydrogens (tertiary/aromatic N) is 3. The molecular weight excluding hydrogens is 304 g/mol. The van der Waals surface area contributed by atoms with E-state index in [4.69, 9.17) is 0 Å². The summed E-state index contributed by atoms with van der Waals surface area (Å²) >= 11 is 0. The van der Waals surface area contributed by atoms with Crippen LogP contribution in [0.3, 0.4) is 0 Å². The van der Waals surface area contributed by atoms with Gasteiger partial charge in [0.05, 0.1) is 5.52 Å². The van der Waals surface area contributed by atoms with Crippen molar-refractivity contribution in [2.24, 2.45) is 0 Å². The molecule has 1 N–H and O–H groups in total.